The Kier molecular flexibility index (Phi) is 3.13. The van der Waals surface area contributed by atoms with Crippen molar-refractivity contribution in [3.63, 3.8) is 0 Å². The van der Waals surface area contributed by atoms with Gasteiger partial charge in [0.15, 0.2) is 0 Å². The van der Waals surface area contributed by atoms with Crippen molar-refractivity contribution in [1.82, 2.24) is 24.1 Å². The van der Waals surface area contributed by atoms with Crippen LogP contribution in [0.4, 0.5) is 0 Å². The molecular weight excluding hydrogens is 274 g/mol. The molecule has 6 nitrogen and oxygen atoms in total. The molecule has 0 spiro atoms. The molecule has 3 heterocycles. The summed E-state index contributed by atoms with van der Waals surface area (Å²) < 4.78 is 3.42. The van der Waals surface area contributed by atoms with Crippen molar-refractivity contribution in [3.05, 3.63) is 45.3 Å². The molecule has 3 rings (SSSR count). The summed E-state index contributed by atoms with van der Waals surface area (Å²) in [6.07, 6.45) is 3.72. The van der Waals surface area contributed by atoms with E-state index in [1.807, 2.05) is 13.1 Å². The Balaban J connectivity index is 2.01. The normalized spacial score (nSPS) is 11.6. The van der Waals surface area contributed by atoms with Crippen molar-refractivity contribution in [2.75, 3.05) is 0 Å². The molecular formula is C13H15N5OS. The van der Waals surface area contributed by atoms with Crippen LogP contribution in [0.15, 0.2) is 23.3 Å². The lowest BCUT2D eigenvalue weighted by Gasteiger charge is -2.07. The zero-order valence-corrected chi connectivity index (χ0v) is 12.4. The molecule has 0 bridgehead atoms. The van der Waals surface area contributed by atoms with Gasteiger partial charge in [0.1, 0.15) is 10.8 Å². The minimum absolute atomic E-state index is 0.135. The fourth-order valence-electron chi connectivity index (χ4n) is 2.12. The standard InChI is InChI=1S/C13H15N5OS/c1-8(2)12-14-4-5-17(12)7-10-16-18-11(19)6-9(3)15-13(18)20-10/h4-6,8H,7H2,1-3H3. The molecule has 0 atom stereocenters. The predicted molar refractivity (Wildman–Crippen MR) is 77.3 cm³/mol. The lowest BCUT2D eigenvalue weighted by molar-refractivity contribution is 0.660. The maximum atomic E-state index is 11.8. The topological polar surface area (TPSA) is 65.1 Å². The Bertz CT molecular complexity index is 814. The van der Waals surface area contributed by atoms with Gasteiger partial charge in [-0.05, 0) is 6.92 Å². The second kappa shape index (κ2) is 4.82. The van der Waals surface area contributed by atoms with E-state index in [-0.39, 0.29) is 5.56 Å². The Morgan fingerprint density at radius 3 is 2.95 bits per heavy atom. The molecule has 0 aliphatic heterocycles. The van der Waals surface area contributed by atoms with E-state index in [0.717, 1.165) is 16.5 Å². The molecule has 7 heteroatoms. The van der Waals surface area contributed by atoms with Crippen molar-refractivity contribution >= 4 is 16.3 Å². The maximum absolute atomic E-state index is 11.8. The van der Waals surface area contributed by atoms with Gasteiger partial charge in [-0.2, -0.15) is 9.61 Å². The Morgan fingerprint density at radius 1 is 1.40 bits per heavy atom. The SMILES string of the molecule is Cc1cc(=O)n2nc(Cn3ccnc3C(C)C)sc2n1. The average molecular weight is 289 g/mol. The second-order valence-corrected chi connectivity index (χ2v) is 6.03. The highest BCUT2D eigenvalue weighted by Gasteiger charge is 2.11. The first kappa shape index (κ1) is 13.0. The van der Waals surface area contributed by atoms with Crippen LogP contribution in [0.3, 0.4) is 0 Å². The van der Waals surface area contributed by atoms with Crippen LogP contribution in [0.2, 0.25) is 0 Å². The number of imidazole rings is 1. The van der Waals surface area contributed by atoms with Gasteiger partial charge in [0, 0.05) is 30.1 Å². The van der Waals surface area contributed by atoms with Crippen molar-refractivity contribution in [1.29, 1.82) is 0 Å². The summed E-state index contributed by atoms with van der Waals surface area (Å²) in [6, 6.07) is 1.49. The third-order valence-electron chi connectivity index (χ3n) is 2.98. The van der Waals surface area contributed by atoms with Gasteiger partial charge in [-0.15, -0.1) is 0 Å². The molecule has 0 aromatic carbocycles. The molecule has 3 aromatic rings. The zero-order chi connectivity index (χ0) is 14.3. The highest BCUT2D eigenvalue weighted by atomic mass is 32.1. The molecule has 0 saturated carbocycles. The maximum Gasteiger partial charge on any atom is 0.275 e. The van der Waals surface area contributed by atoms with Gasteiger partial charge in [0.2, 0.25) is 4.96 Å². The third-order valence-corrected chi connectivity index (χ3v) is 3.88. The molecule has 0 aliphatic rings. The van der Waals surface area contributed by atoms with Crippen molar-refractivity contribution < 1.29 is 0 Å². The lowest BCUT2D eigenvalue weighted by Crippen LogP contribution is -2.14. The molecule has 0 aliphatic carbocycles. The monoisotopic (exact) mass is 289 g/mol. The summed E-state index contributed by atoms with van der Waals surface area (Å²) in [6.45, 7) is 6.63. The van der Waals surface area contributed by atoms with Gasteiger partial charge in [0.25, 0.3) is 5.56 Å². The number of fused-ring (bicyclic) bond motifs is 1. The summed E-state index contributed by atoms with van der Waals surface area (Å²) in [4.78, 5) is 21.2. The number of aromatic nitrogens is 5. The summed E-state index contributed by atoms with van der Waals surface area (Å²) in [5, 5.41) is 5.19. The highest BCUT2D eigenvalue weighted by Crippen LogP contribution is 2.17. The summed E-state index contributed by atoms with van der Waals surface area (Å²) in [5.41, 5.74) is 0.584. The van der Waals surface area contributed by atoms with Crippen molar-refractivity contribution in [2.24, 2.45) is 0 Å². The van der Waals surface area contributed by atoms with Crippen LogP contribution >= 0.6 is 11.3 Å². The van der Waals surface area contributed by atoms with E-state index < -0.39 is 0 Å². The molecule has 0 saturated heterocycles. The van der Waals surface area contributed by atoms with Crippen LogP contribution in [0.25, 0.3) is 4.96 Å². The summed E-state index contributed by atoms with van der Waals surface area (Å²) in [5.74, 6) is 1.36. The molecule has 0 radical (unpaired) electrons. The number of hydrogen-bond acceptors (Lipinski definition) is 5. The predicted octanol–water partition coefficient (Wildman–Crippen LogP) is 1.83. The highest BCUT2D eigenvalue weighted by molar-refractivity contribution is 7.16. The van der Waals surface area contributed by atoms with E-state index in [2.05, 4.69) is 33.5 Å². The van der Waals surface area contributed by atoms with Crippen molar-refractivity contribution in [3.8, 4) is 0 Å². The number of rotatable bonds is 3. The Hall–Kier alpha value is -2.02. The van der Waals surface area contributed by atoms with Crippen LogP contribution in [0.5, 0.6) is 0 Å². The van der Waals surface area contributed by atoms with Gasteiger partial charge in [-0.25, -0.2) is 9.97 Å². The number of nitrogens with zero attached hydrogens (tertiary/aromatic N) is 5. The van der Waals surface area contributed by atoms with Gasteiger partial charge < -0.3 is 4.57 Å². The van der Waals surface area contributed by atoms with Crippen molar-refractivity contribution in [2.45, 2.75) is 33.2 Å². The summed E-state index contributed by atoms with van der Waals surface area (Å²) in [7, 11) is 0. The fourth-order valence-corrected chi connectivity index (χ4v) is 3.07. The average Bonchev–Trinajstić information content (AvgIpc) is 2.95. The van der Waals surface area contributed by atoms with Crippen LogP contribution < -0.4 is 5.56 Å². The summed E-state index contributed by atoms with van der Waals surface area (Å²) >= 11 is 1.44. The molecule has 0 N–H and O–H groups in total. The molecule has 20 heavy (non-hydrogen) atoms. The van der Waals surface area contributed by atoms with Gasteiger partial charge >= 0.3 is 0 Å². The van der Waals surface area contributed by atoms with Crippen LogP contribution in [-0.2, 0) is 6.54 Å². The molecule has 0 amide bonds. The van der Waals surface area contributed by atoms with Gasteiger partial charge in [-0.1, -0.05) is 25.2 Å². The van der Waals surface area contributed by atoms with Crippen LogP contribution in [-0.4, -0.2) is 24.1 Å². The molecule has 104 valence electrons. The van der Waals surface area contributed by atoms with Crippen LogP contribution in [0, 0.1) is 6.92 Å². The molecule has 3 aromatic heterocycles. The smallest absolute Gasteiger partial charge is 0.275 e. The minimum atomic E-state index is -0.135. The van der Waals surface area contributed by atoms with E-state index in [4.69, 9.17) is 0 Å². The van der Waals surface area contributed by atoms with E-state index >= 15 is 0 Å². The van der Waals surface area contributed by atoms with E-state index in [1.165, 1.54) is 21.9 Å². The lowest BCUT2D eigenvalue weighted by atomic mass is 10.2. The third kappa shape index (κ3) is 2.24. The van der Waals surface area contributed by atoms with E-state index in [1.54, 1.807) is 6.20 Å². The minimum Gasteiger partial charge on any atom is -0.328 e. The number of hydrogen-bond donors (Lipinski definition) is 0. The molecule has 0 unspecified atom stereocenters. The first-order valence-corrected chi connectivity index (χ1v) is 7.23. The molecule has 0 fully saturated rings. The fraction of sp³-hybridized carbons (Fsp3) is 0.385. The second-order valence-electron chi connectivity index (χ2n) is 4.99. The largest absolute Gasteiger partial charge is 0.328 e. The quantitative estimate of drug-likeness (QED) is 0.738. The van der Waals surface area contributed by atoms with Crippen LogP contribution in [0.1, 0.15) is 36.3 Å². The first-order valence-electron chi connectivity index (χ1n) is 6.42. The van der Waals surface area contributed by atoms with Gasteiger partial charge in [0.05, 0.1) is 6.54 Å². The Labute approximate surface area is 119 Å². The van der Waals surface area contributed by atoms with Gasteiger partial charge in [-0.3, -0.25) is 4.79 Å². The zero-order valence-electron chi connectivity index (χ0n) is 11.6. The Morgan fingerprint density at radius 2 is 2.20 bits per heavy atom. The van der Waals surface area contributed by atoms with E-state index in [0.29, 0.717) is 17.4 Å². The van der Waals surface area contributed by atoms with E-state index in [9.17, 15) is 4.79 Å². The first-order chi connectivity index (χ1) is 9.54. The number of aryl methyl sites for hydroxylation is 1.